The first kappa shape index (κ1) is 20.8. The van der Waals surface area contributed by atoms with Gasteiger partial charge in [0, 0.05) is 11.7 Å². The molecule has 1 aliphatic carbocycles. The molecule has 1 aromatic heterocycles. The summed E-state index contributed by atoms with van der Waals surface area (Å²) >= 11 is 1.38. The molecule has 1 aromatic carbocycles. The van der Waals surface area contributed by atoms with Gasteiger partial charge >= 0.3 is 0 Å². The van der Waals surface area contributed by atoms with Gasteiger partial charge in [0.25, 0.3) is 0 Å². The number of hydrogen-bond acceptors (Lipinski definition) is 6. The van der Waals surface area contributed by atoms with Crippen molar-refractivity contribution >= 4 is 33.4 Å². The number of carbonyl (C=O) groups excluding carboxylic acids is 1. The molecule has 0 aliphatic heterocycles. The Labute approximate surface area is 169 Å². The van der Waals surface area contributed by atoms with Gasteiger partial charge in [-0.1, -0.05) is 31.0 Å². The number of amides is 1. The first-order chi connectivity index (χ1) is 13.3. The van der Waals surface area contributed by atoms with Crippen molar-refractivity contribution in [2.45, 2.75) is 67.3 Å². The quantitative estimate of drug-likeness (QED) is 0.689. The van der Waals surface area contributed by atoms with Crippen LogP contribution in [0, 0.1) is 6.92 Å². The summed E-state index contributed by atoms with van der Waals surface area (Å²) < 4.78 is 24.8. The maximum Gasteiger partial charge on any atom is 0.238 e. The average Bonchev–Trinajstić information content (AvgIpc) is 3.02. The highest BCUT2D eigenvalue weighted by molar-refractivity contribution is 8.00. The zero-order chi connectivity index (χ0) is 20.3. The Hall–Kier alpha value is -1.91. The van der Waals surface area contributed by atoms with Crippen LogP contribution < -0.4 is 10.5 Å². The Bertz CT molecular complexity index is 935. The lowest BCUT2D eigenvalue weighted by molar-refractivity contribution is -0.115. The molecular formula is C18H25N5O3S2. The van der Waals surface area contributed by atoms with Gasteiger partial charge in [-0.05, 0) is 51.0 Å². The molecule has 3 rings (SSSR count). The second-order valence-electron chi connectivity index (χ2n) is 7.01. The van der Waals surface area contributed by atoms with E-state index in [1.54, 1.807) is 0 Å². The number of rotatable bonds is 6. The number of carbonyl (C=O) groups is 1. The summed E-state index contributed by atoms with van der Waals surface area (Å²) in [5.74, 6) is 0.685. The van der Waals surface area contributed by atoms with E-state index >= 15 is 0 Å². The predicted octanol–water partition coefficient (Wildman–Crippen LogP) is 2.86. The molecular weight excluding hydrogens is 398 g/mol. The number of sulfonamides is 1. The number of nitrogens with one attached hydrogen (secondary N) is 1. The van der Waals surface area contributed by atoms with Crippen LogP contribution in [0.15, 0.2) is 34.3 Å². The lowest BCUT2D eigenvalue weighted by Gasteiger charge is -2.25. The molecule has 3 N–H and O–H groups in total. The van der Waals surface area contributed by atoms with Crippen molar-refractivity contribution in [2.75, 3.05) is 5.32 Å². The van der Waals surface area contributed by atoms with E-state index < -0.39 is 10.0 Å². The van der Waals surface area contributed by atoms with Crippen LogP contribution >= 0.6 is 11.8 Å². The van der Waals surface area contributed by atoms with Crippen molar-refractivity contribution in [1.82, 2.24) is 14.8 Å². The van der Waals surface area contributed by atoms with Crippen molar-refractivity contribution in [3.05, 3.63) is 30.1 Å². The standard InChI is InChI=1S/C18H25N5O3S2/c1-12(17(24)20-14-8-10-16(11-9-14)28(19,25)26)27-18-22-21-13(2)23(18)15-6-4-3-5-7-15/h8-12,15H,3-7H2,1-2H3,(H,20,24)(H2,19,25,26)/t12-/m1/s1. The number of thioether (sulfide) groups is 1. The van der Waals surface area contributed by atoms with E-state index in [4.69, 9.17) is 5.14 Å². The fourth-order valence-corrected chi connectivity index (χ4v) is 4.85. The number of aromatic nitrogens is 3. The number of anilines is 1. The van der Waals surface area contributed by atoms with E-state index in [0.717, 1.165) is 23.8 Å². The minimum absolute atomic E-state index is 0.00369. The van der Waals surface area contributed by atoms with Crippen LogP contribution in [0.4, 0.5) is 5.69 Å². The van der Waals surface area contributed by atoms with Crippen LogP contribution in [0.5, 0.6) is 0 Å². The Balaban J connectivity index is 1.66. The molecule has 152 valence electrons. The third-order valence-corrected chi connectivity index (χ3v) is 6.86. The van der Waals surface area contributed by atoms with Crippen molar-refractivity contribution < 1.29 is 13.2 Å². The number of hydrogen-bond donors (Lipinski definition) is 2. The highest BCUT2D eigenvalue weighted by atomic mass is 32.2. The Morgan fingerprint density at radius 2 is 1.86 bits per heavy atom. The molecule has 1 fully saturated rings. The molecule has 1 heterocycles. The fraction of sp³-hybridized carbons (Fsp3) is 0.500. The topological polar surface area (TPSA) is 120 Å². The number of nitrogens with zero attached hydrogens (tertiary/aromatic N) is 3. The number of nitrogens with two attached hydrogens (primary N) is 1. The van der Waals surface area contributed by atoms with Crippen LogP contribution in [0.25, 0.3) is 0 Å². The molecule has 1 atom stereocenters. The van der Waals surface area contributed by atoms with E-state index in [9.17, 15) is 13.2 Å². The van der Waals surface area contributed by atoms with Gasteiger partial charge < -0.3 is 9.88 Å². The molecule has 0 spiro atoms. The Morgan fingerprint density at radius 1 is 1.21 bits per heavy atom. The summed E-state index contributed by atoms with van der Waals surface area (Å²) in [5.41, 5.74) is 0.509. The second kappa shape index (κ2) is 8.62. The molecule has 8 nitrogen and oxygen atoms in total. The molecule has 0 saturated heterocycles. The lowest BCUT2D eigenvalue weighted by Crippen LogP contribution is -2.23. The van der Waals surface area contributed by atoms with Gasteiger partial charge in [-0.3, -0.25) is 4.79 Å². The van der Waals surface area contributed by atoms with Gasteiger partial charge in [0.15, 0.2) is 5.16 Å². The van der Waals surface area contributed by atoms with Crippen LogP contribution in [-0.2, 0) is 14.8 Å². The van der Waals surface area contributed by atoms with Gasteiger partial charge in [0.05, 0.1) is 10.1 Å². The van der Waals surface area contributed by atoms with Crippen LogP contribution in [0.3, 0.4) is 0 Å². The zero-order valence-electron chi connectivity index (χ0n) is 16.0. The van der Waals surface area contributed by atoms with Crippen LogP contribution in [0.1, 0.15) is 50.9 Å². The van der Waals surface area contributed by atoms with E-state index in [1.165, 1.54) is 55.3 Å². The van der Waals surface area contributed by atoms with Crippen molar-refractivity contribution in [3.63, 3.8) is 0 Å². The fourth-order valence-electron chi connectivity index (χ4n) is 3.37. The van der Waals surface area contributed by atoms with E-state index in [0.29, 0.717) is 11.7 Å². The minimum Gasteiger partial charge on any atom is -0.325 e. The summed E-state index contributed by atoms with van der Waals surface area (Å²) in [5, 5.41) is 16.7. The maximum atomic E-state index is 12.6. The summed E-state index contributed by atoms with van der Waals surface area (Å²) in [6, 6.07) is 6.16. The zero-order valence-corrected chi connectivity index (χ0v) is 17.6. The van der Waals surface area contributed by atoms with Crippen molar-refractivity contribution in [2.24, 2.45) is 5.14 Å². The van der Waals surface area contributed by atoms with Gasteiger partial charge in [-0.25, -0.2) is 13.6 Å². The SMILES string of the molecule is Cc1nnc(S[C@H](C)C(=O)Nc2ccc(S(N)(=O)=O)cc2)n1C1CCCCC1. The first-order valence-corrected chi connectivity index (χ1v) is 11.7. The van der Waals surface area contributed by atoms with E-state index in [1.807, 2.05) is 13.8 Å². The van der Waals surface area contributed by atoms with E-state index in [-0.39, 0.29) is 16.1 Å². The number of primary sulfonamides is 1. The third kappa shape index (κ3) is 4.92. The van der Waals surface area contributed by atoms with Crippen LogP contribution in [0.2, 0.25) is 0 Å². The molecule has 0 radical (unpaired) electrons. The van der Waals surface area contributed by atoms with Crippen LogP contribution in [-0.4, -0.2) is 34.3 Å². The second-order valence-corrected chi connectivity index (χ2v) is 9.88. The summed E-state index contributed by atoms with van der Waals surface area (Å²) in [4.78, 5) is 12.6. The average molecular weight is 424 g/mol. The molecule has 1 aliphatic rings. The molecule has 10 heteroatoms. The van der Waals surface area contributed by atoms with Gasteiger partial charge in [0.1, 0.15) is 5.82 Å². The molecule has 28 heavy (non-hydrogen) atoms. The summed E-state index contributed by atoms with van der Waals surface area (Å²) in [7, 11) is -3.75. The smallest absolute Gasteiger partial charge is 0.238 e. The Kier molecular flexibility index (Phi) is 6.41. The van der Waals surface area contributed by atoms with E-state index in [2.05, 4.69) is 20.1 Å². The van der Waals surface area contributed by atoms with Gasteiger partial charge in [0.2, 0.25) is 15.9 Å². The van der Waals surface area contributed by atoms with Crippen molar-refractivity contribution in [3.8, 4) is 0 Å². The highest BCUT2D eigenvalue weighted by Crippen LogP contribution is 2.33. The molecule has 0 bridgehead atoms. The maximum absolute atomic E-state index is 12.6. The predicted molar refractivity (Wildman–Crippen MR) is 109 cm³/mol. The number of aryl methyl sites for hydroxylation is 1. The summed E-state index contributed by atoms with van der Waals surface area (Å²) in [6.45, 7) is 3.76. The molecule has 0 unspecified atom stereocenters. The van der Waals surface area contributed by atoms with Gasteiger partial charge in [-0.2, -0.15) is 0 Å². The largest absolute Gasteiger partial charge is 0.325 e. The van der Waals surface area contributed by atoms with Gasteiger partial charge in [-0.15, -0.1) is 10.2 Å². The number of benzene rings is 1. The third-order valence-electron chi connectivity index (χ3n) is 4.88. The summed E-state index contributed by atoms with van der Waals surface area (Å²) in [6.07, 6.45) is 5.91. The minimum atomic E-state index is -3.75. The lowest BCUT2D eigenvalue weighted by atomic mass is 9.95. The normalized spacial score (nSPS) is 16.7. The highest BCUT2D eigenvalue weighted by Gasteiger charge is 2.24. The molecule has 1 amide bonds. The first-order valence-electron chi connectivity index (χ1n) is 9.27. The Morgan fingerprint density at radius 3 is 2.46 bits per heavy atom. The van der Waals surface area contributed by atoms with Crippen molar-refractivity contribution in [1.29, 1.82) is 0 Å². The molecule has 1 saturated carbocycles. The monoisotopic (exact) mass is 423 g/mol. The molecule has 2 aromatic rings.